The van der Waals surface area contributed by atoms with Gasteiger partial charge in [0.25, 0.3) is 5.91 Å². The summed E-state index contributed by atoms with van der Waals surface area (Å²) in [5, 5.41) is 0. The number of rotatable bonds is 4. The summed E-state index contributed by atoms with van der Waals surface area (Å²) in [7, 11) is 0. The second kappa shape index (κ2) is 5.76. The van der Waals surface area contributed by atoms with Crippen molar-refractivity contribution in [1.29, 1.82) is 0 Å². The van der Waals surface area contributed by atoms with Gasteiger partial charge in [0, 0.05) is 12.6 Å². The van der Waals surface area contributed by atoms with Crippen molar-refractivity contribution in [2.24, 2.45) is 0 Å². The van der Waals surface area contributed by atoms with Crippen LogP contribution in [0.5, 0.6) is 0 Å². The predicted octanol–water partition coefficient (Wildman–Crippen LogP) is 0.860. The molecule has 0 saturated carbocycles. The Bertz CT molecular complexity index is 457. The molecular weight excluding hydrogens is 204 g/mol. The Balaban J connectivity index is 2.90. The van der Waals surface area contributed by atoms with E-state index in [0.29, 0.717) is 6.54 Å². The number of H-pyrrole nitrogens is 1. The molecule has 0 bridgehead atoms. The number of amides is 1. The van der Waals surface area contributed by atoms with Crippen molar-refractivity contribution >= 4 is 5.91 Å². The second-order valence-electron chi connectivity index (χ2n) is 3.36. The van der Waals surface area contributed by atoms with Gasteiger partial charge in [0.05, 0.1) is 6.54 Å². The van der Waals surface area contributed by atoms with Gasteiger partial charge in [-0.3, -0.25) is 9.59 Å². The molecule has 1 rings (SSSR count). The Morgan fingerprint density at radius 3 is 2.88 bits per heavy atom. The zero-order valence-corrected chi connectivity index (χ0v) is 9.19. The minimum Gasteiger partial charge on any atom is -0.326 e. The van der Waals surface area contributed by atoms with Crippen molar-refractivity contribution in [3.8, 4) is 12.3 Å². The van der Waals surface area contributed by atoms with Crippen LogP contribution in [0.3, 0.4) is 0 Å². The van der Waals surface area contributed by atoms with Crippen LogP contribution >= 0.6 is 0 Å². The SMILES string of the molecule is C#CCN(CCC)C(=O)c1cccc(=O)[nH]1. The molecule has 16 heavy (non-hydrogen) atoms. The van der Waals surface area contributed by atoms with Crippen molar-refractivity contribution in [1.82, 2.24) is 9.88 Å². The molecular formula is C12H14N2O2. The first-order valence-electron chi connectivity index (χ1n) is 5.11. The van der Waals surface area contributed by atoms with E-state index in [2.05, 4.69) is 10.9 Å². The Morgan fingerprint density at radius 2 is 2.31 bits per heavy atom. The number of hydrogen-bond donors (Lipinski definition) is 1. The zero-order valence-electron chi connectivity index (χ0n) is 9.19. The summed E-state index contributed by atoms with van der Waals surface area (Å²) in [6.07, 6.45) is 6.01. The summed E-state index contributed by atoms with van der Waals surface area (Å²) in [5.41, 5.74) is -0.0146. The van der Waals surface area contributed by atoms with Gasteiger partial charge < -0.3 is 9.88 Å². The number of aromatic amines is 1. The molecule has 0 spiro atoms. The van der Waals surface area contributed by atoms with E-state index in [0.717, 1.165) is 6.42 Å². The van der Waals surface area contributed by atoms with Gasteiger partial charge in [0.2, 0.25) is 5.56 Å². The maximum Gasteiger partial charge on any atom is 0.271 e. The maximum absolute atomic E-state index is 11.9. The van der Waals surface area contributed by atoms with E-state index in [1.807, 2.05) is 6.92 Å². The Hall–Kier alpha value is -2.02. The molecule has 0 aromatic carbocycles. The third-order valence-electron chi connectivity index (χ3n) is 2.06. The molecule has 0 radical (unpaired) electrons. The van der Waals surface area contributed by atoms with Gasteiger partial charge in [-0.1, -0.05) is 18.9 Å². The van der Waals surface area contributed by atoms with E-state index in [9.17, 15) is 9.59 Å². The lowest BCUT2D eigenvalue weighted by atomic mass is 10.3. The van der Waals surface area contributed by atoms with Crippen LogP contribution in [0.4, 0.5) is 0 Å². The number of hydrogen-bond acceptors (Lipinski definition) is 2. The topological polar surface area (TPSA) is 53.2 Å². The molecule has 4 nitrogen and oxygen atoms in total. The lowest BCUT2D eigenvalue weighted by Crippen LogP contribution is -2.33. The minimum absolute atomic E-state index is 0.238. The first-order valence-corrected chi connectivity index (χ1v) is 5.11. The fourth-order valence-electron chi connectivity index (χ4n) is 1.38. The van der Waals surface area contributed by atoms with E-state index in [1.54, 1.807) is 12.1 Å². The van der Waals surface area contributed by atoms with Crippen molar-refractivity contribution < 1.29 is 4.79 Å². The number of terminal acetylenes is 1. The molecule has 1 amide bonds. The molecule has 0 aliphatic rings. The molecule has 4 heteroatoms. The van der Waals surface area contributed by atoms with Crippen molar-refractivity contribution in [3.63, 3.8) is 0 Å². The van der Waals surface area contributed by atoms with Crippen LogP contribution in [0, 0.1) is 12.3 Å². The van der Waals surface area contributed by atoms with Crippen LogP contribution in [0.25, 0.3) is 0 Å². The number of aromatic nitrogens is 1. The van der Waals surface area contributed by atoms with E-state index in [1.165, 1.54) is 11.0 Å². The molecule has 1 aromatic rings. The third-order valence-corrected chi connectivity index (χ3v) is 2.06. The van der Waals surface area contributed by atoms with Gasteiger partial charge in [-0.05, 0) is 12.5 Å². The van der Waals surface area contributed by atoms with Gasteiger partial charge >= 0.3 is 0 Å². The van der Waals surface area contributed by atoms with Gasteiger partial charge in [0.15, 0.2) is 0 Å². The van der Waals surface area contributed by atoms with Crippen molar-refractivity contribution in [3.05, 3.63) is 34.2 Å². The molecule has 0 aliphatic carbocycles. The largest absolute Gasteiger partial charge is 0.326 e. The van der Waals surface area contributed by atoms with Gasteiger partial charge in [-0.2, -0.15) is 0 Å². The summed E-state index contributed by atoms with van der Waals surface area (Å²) in [5.74, 6) is 2.19. The molecule has 1 aromatic heterocycles. The summed E-state index contributed by atoms with van der Waals surface area (Å²) in [6.45, 7) is 2.80. The Labute approximate surface area is 94.3 Å². The molecule has 0 fully saturated rings. The quantitative estimate of drug-likeness (QED) is 0.762. The van der Waals surface area contributed by atoms with Crippen LogP contribution in [0.1, 0.15) is 23.8 Å². The highest BCUT2D eigenvalue weighted by molar-refractivity contribution is 5.92. The molecule has 0 saturated heterocycles. The van der Waals surface area contributed by atoms with Gasteiger partial charge in [0.1, 0.15) is 5.69 Å². The summed E-state index contributed by atoms with van der Waals surface area (Å²) >= 11 is 0. The van der Waals surface area contributed by atoms with E-state index < -0.39 is 0 Å². The average molecular weight is 218 g/mol. The van der Waals surface area contributed by atoms with E-state index >= 15 is 0 Å². The normalized spacial score (nSPS) is 9.50. The van der Waals surface area contributed by atoms with Gasteiger partial charge in [-0.25, -0.2) is 0 Å². The Morgan fingerprint density at radius 1 is 1.56 bits per heavy atom. The number of nitrogens with one attached hydrogen (secondary N) is 1. The molecule has 0 unspecified atom stereocenters. The van der Waals surface area contributed by atoms with Crippen LogP contribution in [-0.4, -0.2) is 28.9 Å². The zero-order chi connectivity index (χ0) is 12.0. The summed E-state index contributed by atoms with van der Waals surface area (Å²) in [6, 6.07) is 4.48. The van der Waals surface area contributed by atoms with Crippen molar-refractivity contribution in [2.45, 2.75) is 13.3 Å². The van der Waals surface area contributed by atoms with Crippen LogP contribution in [0.15, 0.2) is 23.0 Å². The first kappa shape index (κ1) is 12.1. The molecule has 1 heterocycles. The highest BCUT2D eigenvalue weighted by Crippen LogP contribution is 2.00. The monoisotopic (exact) mass is 218 g/mol. The summed E-state index contributed by atoms with van der Waals surface area (Å²) < 4.78 is 0. The number of carbonyl (C=O) groups excluding carboxylic acids is 1. The summed E-state index contributed by atoms with van der Waals surface area (Å²) in [4.78, 5) is 27.0. The van der Waals surface area contributed by atoms with Gasteiger partial charge in [-0.15, -0.1) is 6.42 Å². The molecule has 1 N–H and O–H groups in total. The molecule has 0 aliphatic heterocycles. The minimum atomic E-state index is -0.289. The smallest absolute Gasteiger partial charge is 0.271 e. The number of nitrogens with zero attached hydrogens (tertiary/aromatic N) is 1. The number of pyridine rings is 1. The number of carbonyl (C=O) groups is 1. The second-order valence-corrected chi connectivity index (χ2v) is 3.36. The predicted molar refractivity (Wildman–Crippen MR) is 62.1 cm³/mol. The lowest BCUT2D eigenvalue weighted by Gasteiger charge is -2.18. The average Bonchev–Trinajstić information content (AvgIpc) is 2.28. The standard InChI is InChI=1S/C12H14N2O2/c1-3-8-14(9-4-2)12(16)10-6-5-7-11(15)13-10/h1,5-7H,4,8-9H2,2H3,(H,13,15). The lowest BCUT2D eigenvalue weighted by molar-refractivity contribution is 0.0771. The van der Waals surface area contributed by atoms with Crippen molar-refractivity contribution in [2.75, 3.05) is 13.1 Å². The van der Waals surface area contributed by atoms with E-state index in [4.69, 9.17) is 6.42 Å². The highest BCUT2D eigenvalue weighted by atomic mass is 16.2. The fourth-order valence-corrected chi connectivity index (χ4v) is 1.38. The van der Waals surface area contributed by atoms with E-state index in [-0.39, 0.29) is 23.7 Å². The Kier molecular flexibility index (Phi) is 4.34. The fraction of sp³-hybridized carbons (Fsp3) is 0.333. The first-order chi connectivity index (χ1) is 7.69. The molecule has 0 atom stereocenters. The van der Waals surface area contributed by atoms with Crippen LogP contribution in [-0.2, 0) is 0 Å². The molecule has 84 valence electrons. The highest BCUT2D eigenvalue weighted by Gasteiger charge is 2.14. The maximum atomic E-state index is 11.9. The van der Waals surface area contributed by atoms with Crippen LogP contribution < -0.4 is 5.56 Å². The third kappa shape index (κ3) is 2.99. The van der Waals surface area contributed by atoms with Crippen LogP contribution in [0.2, 0.25) is 0 Å².